The fourth-order valence-corrected chi connectivity index (χ4v) is 13.9. The lowest BCUT2D eigenvalue weighted by Crippen LogP contribution is -2.60. The van der Waals surface area contributed by atoms with Crippen LogP contribution in [0.5, 0.6) is 0 Å². The zero-order chi connectivity index (χ0) is 32.4. The number of fused-ring (bicyclic) bond motifs is 4. The molecule has 8 aliphatic rings. The Morgan fingerprint density at radius 3 is 2.48 bits per heavy atom. The van der Waals surface area contributed by atoms with Gasteiger partial charge < -0.3 is 30.0 Å². The molecule has 0 aromatic carbocycles. The smallest absolute Gasteiger partial charge is 0.223 e. The molecular formula is C38H60N2O6. The second-order valence-electron chi connectivity index (χ2n) is 18.6. The van der Waals surface area contributed by atoms with Crippen molar-refractivity contribution in [3.8, 4) is 0 Å². The molecule has 6 saturated carbocycles. The number of ether oxygens (including phenoxy) is 3. The van der Waals surface area contributed by atoms with Gasteiger partial charge >= 0.3 is 0 Å². The minimum Gasteiger partial charge on any atom is -0.390 e. The monoisotopic (exact) mass is 640 g/mol. The van der Waals surface area contributed by atoms with Gasteiger partial charge in [0, 0.05) is 24.8 Å². The molecule has 0 radical (unpaired) electrons. The number of aliphatic hydroxyl groups excluding tert-OH is 1. The first kappa shape index (κ1) is 32.0. The number of hydrogen-bond acceptors (Lipinski definition) is 6. The van der Waals surface area contributed by atoms with Crippen LogP contribution >= 0.6 is 0 Å². The molecule has 2 spiro atoms. The fourth-order valence-electron chi connectivity index (χ4n) is 13.9. The Bertz CT molecular complexity index is 1250. The predicted molar refractivity (Wildman–Crippen MR) is 173 cm³/mol. The Balaban J connectivity index is 0.995. The highest BCUT2D eigenvalue weighted by Crippen LogP contribution is 2.89. The van der Waals surface area contributed by atoms with Crippen LogP contribution in [0.3, 0.4) is 0 Å². The van der Waals surface area contributed by atoms with Gasteiger partial charge in [-0.15, -0.1) is 0 Å². The van der Waals surface area contributed by atoms with Crippen LogP contribution in [0.4, 0.5) is 0 Å². The number of carbonyl (C=O) groups excluding carboxylic acids is 2. The van der Waals surface area contributed by atoms with E-state index in [0.717, 1.165) is 25.7 Å². The maximum absolute atomic E-state index is 12.9. The van der Waals surface area contributed by atoms with Crippen molar-refractivity contribution in [3.63, 3.8) is 0 Å². The summed E-state index contributed by atoms with van der Waals surface area (Å²) < 4.78 is 19.7. The topological polar surface area (TPSA) is 111 Å². The number of hydrogen-bond donors (Lipinski definition) is 2. The van der Waals surface area contributed by atoms with Gasteiger partial charge in [0.25, 0.3) is 0 Å². The number of amides is 2. The van der Waals surface area contributed by atoms with E-state index in [9.17, 15) is 14.7 Å². The number of morpholine rings is 1. The maximum atomic E-state index is 12.9. The second kappa shape index (κ2) is 10.6. The van der Waals surface area contributed by atoms with E-state index < -0.39 is 6.10 Å². The molecule has 2 heterocycles. The first-order valence-corrected chi connectivity index (χ1v) is 18.9. The lowest BCUT2D eigenvalue weighted by atomic mass is 9.41. The van der Waals surface area contributed by atoms with Crippen LogP contribution in [0.25, 0.3) is 0 Å². The van der Waals surface area contributed by atoms with Crippen LogP contribution in [0.2, 0.25) is 0 Å². The first-order chi connectivity index (χ1) is 21.8. The van der Waals surface area contributed by atoms with Gasteiger partial charge in [0.05, 0.1) is 37.6 Å². The third kappa shape index (κ3) is 4.37. The van der Waals surface area contributed by atoms with Gasteiger partial charge in [0.15, 0.2) is 6.29 Å². The van der Waals surface area contributed by atoms with Crippen LogP contribution in [0, 0.1) is 56.7 Å². The molecular weight excluding hydrogens is 580 g/mol. The van der Waals surface area contributed by atoms with Crippen LogP contribution in [-0.2, 0) is 23.8 Å². The molecule has 2 saturated heterocycles. The van der Waals surface area contributed by atoms with Gasteiger partial charge in [0.1, 0.15) is 0 Å². The summed E-state index contributed by atoms with van der Waals surface area (Å²) in [5.74, 6) is 2.47. The van der Waals surface area contributed by atoms with Crippen LogP contribution in [0.1, 0.15) is 118 Å². The van der Waals surface area contributed by atoms with Gasteiger partial charge in [-0.2, -0.15) is 0 Å². The molecule has 8 nitrogen and oxygen atoms in total. The van der Waals surface area contributed by atoms with Gasteiger partial charge in [0.2, 0.25) is 11.8 Å². The third-order valence-electron chi connectivity index (χ3n) is 16.4. The summed E-state index contributed by atoms with van der Waals surface area (Å²) in [7, 11) is 0. The molecule has 2 aliphatic heterocycles. The van der Waals surface area contributed by atoms with Crippen molar-refractivity contribution in [2.24, 2.45) is 62.4 Å². The maximum Gasteiger partial charge on any atom is 0.223 e. The van der Waals surface area contributed by atoms with Crippen molar-refractivity contribution in [3.05, 3.63) is 0 Å². The van der Waals surface area contributed by atoms with E-state index in [4.69, 9.17) is 19.9 Å². The Hall–Kier alpha value is -1.22. The van der Waals surface area contributed by atoms with E-state index in [0.29, 0.717) is 79.4 Å². The Labute approximate surface area is 276 Å². The van der Waals surface area contributed by atoms with Crippen molar-refractivity contribution in [2.45, 2.75) is 149 Å². The molecule has 4 unspecified atom stereocenters. The zero-order valence-electron chi connectivity index (χ0n) is 29.1. The lowest BCUT2D eigenvalue weighted by molar-refractivity contribution is -0.248. The number of nitrogens with zero attached hydrogens (tertiary/aromatic N) is 1. The molecule has 13 atom stereocenters. The average molecular weight is 641 g/mol. The summed E-state index contributed by atoms with van der Waals surface area (Å²) >= 11 is 0. The molecule has 258 valence electrons. The van der Waals surface area contributed by atoms with E-state index in [1.165, 1.54) is 38.5 Å². The highest BCUT2D eigenvalue weighted by Gasteiger charge is 2.84. The van der Waals surface area contributed by atoms with Crippen molar-refractivity contribution < 1.29 is 28.9 Å². The Morgan fingerprint density at radius 1 is 1.00 bits per heavy atom. The standard InChI is InChI=1S/C38H60N2O6/c1-22-18-24(8-11-28(39)41)45-32-31(22)35(4)14-15-38-21-37(38)13-12-27(34(2,3)25(37)9-10-26(38)36(35,5)33(32)43)46-30-20-40(16-17-44-30)29(42)19-23-6-7-23/h22-27,30-33,43H,6-21H2,1-5H3,(H2,39,41)/t22-,24?,25+,26+,27+,30?,31?,32?,33+,35-,36-,37-,38+/m1/s1. The second-order valence-corrected chi connectivity index (χ2v) is 18.6. The molecule has 0 aromatic heterocycles. The predicted octanol–water partition coefficient (Wildman–Crippen LogP) is 5.44. The largest absolute Gasteiger partial charge is 0.390 e. The molecule has 46 heavy (non-hydrogen) atoms. The van der Waals surface area contributed by atoms with Crippen LogP contribution in [-0.4, -0.2) is 72.2 Å². The van der Waals surface area contributed by atoms with Crippen molar-refractivity contribution in [1.29, 1.82) is 0 Å². The van der Waals surface area contributed by atoms with Crippen molar-refractivity contribution in [2.75, 3.05) is 19.7 Å². The normalized spacial score (nSPS) is 52.0. The fraction of sp³-hybridized carbons (Fsp3) is 0.947. The average Bonchev–Trinajstić information content (AvgIpc) is 3.93. The first-order valence-electron chi connectivity index (χ1n) is 18.9. The highest BCUT2D eigenvalue weighted by atomic mass is 16.7. The number of carbonyl (C=O) groups is 2. The van der Waals surface area contributed by atoms with Gasteiger partial charge in [-0.25, -0.2) is 0 Å². The van der Waals surface area contributed by atoms with Gasteiger partial charge in [-0.05, 0) is 122 Å². The number of primary amides is 1. The molecule has 0 aromatic rings. The third-order valence-corrected chi connectivity index (χ3v) is 16.4. The van der Waals surface area contributed by atoms with E-state index in [2.05, 4.69) is 34.6 Å². The highest BCUT2D eigenvalue weighted by molar-refractivity contribution is 5.76. The summed E-state index contributed by atoms with van der Waals surface area (Å²) in [6.45, 7) is 14.0. The molecule has 2 amide bonds. The van der Waals surface area contributed by atoms with Crippen LogP contribution in [0.15, 0.2) is 0 Å². The van der Waals surface area contributed by atoms with E-state index >= 15 is 0 Å². The summed E-state index contributed by atoms with van der Waals surface area (Å²) in [6.07, 6.45) is 12.4. The van der Waals surface area contributed by atoms with Crippen LogP contribution < -0.4 is 5.73 Å². The molecule has 8 heteroatoms. The SMILES string of the molecule is C[C@@H]1CC(CCC(N)=O)OC2C1[C@@]1(C)CC[C@@]34C[C@@]35CC[C@H](OC3CN(C(=O)CC6CC6)CCO3)C(C)(C)[C@@H]5CC[C@H]4[C@]1(C)[C@H]2O. The van der Waals surface area contributed by atoms with Crippen molar-refractivity contribution in [1.82, 2.24) is 4.90 Å². The minimum atomic E-state index is -0.487. The van der Waals surface area contributed by atoms with Crippen molar-refractivity contribution >= 4 is 11.8 Å². The molecule has 8 rings (SSSR count). The summed E-state index contributed by atoms with van der Waals surface area (Å²) in [5, 5.41) is 12.4. The van der Waals surface area contributed by atoms with Gasteiger partial charge in [-0.1, -0.05) is 34.6 Å². The molecule has 6 aliphatic carbocycles. The van der Waals surface area contributed by atoms with Gasteiger partial charge in [-0.3, -0.25) is 9.59 Å². The lowest BCUT2D eigenvalue weighted by Gasteiger charge is -2.64. The van der Waals surface area contributed by atoms with E-state index in [1.807, 2.05) is 4.90 Å². The molecule has 0 bridgehead atoms. The summed E-state index contributed by atoms with van der Waals surface area (Å²) in [6, 6.07) is 0. The summed E-state index contributed by atoms with van der Waals surface area (Å²) in [5.41, 5.74) is 5.98. The molecule has 3 N–H and O–H groups in total. The van der Waals surface area contributed by atoms with E-state index in [-0.39, 0.29) is 52.7 Å². The Morgan fingerprint density at radius 2 is 1.74 bits per heavy atom. The molecule has 8 fully saturated rings. The quantitative estimate of drug-likeness (QED) is 0.384. The number of nitrogens with two attached hydrogens (primary N) is 1. The van der Waals surface area contributed by atoms with E-state index in [1.54, 1.807) is 0 Å². The number of rotatable bonds is 7. The number of aliphatic hydroxyl groups is 1. The zero-order valence-corrected chi connectivity index (χ0v) is 29.1. The minimum absolute atomic E-state index is 0.00432. The Kier molecular flexibility index (Phi) is 7.40. The summed E-state index contributed by atoms with van der Waals surface area (Å²) in [4.78, 5) is 26.4.